The molecule has 0 saturated carbocycles. The monoisotopic (exact) mass is 582 g/mol. The number of aromatic nitrogens is 6. The highest BCUT2D eigenvalue weighted by Gasteiger charge is 2.26. The summed E-state index contributed by atoms with van der Waals surface area (Å²) in [6.07, 6.45) is 6.67. The molecule has 43 heavy (non-hydrogen) atoms. The Bertz CT molecular complexity index is 1740. The van der Waals surface area contributed by atoms with Crippen LogP contribution in [-0.2, 0) is 6.61 Å². The topological polar surface area (TPSA) is 126 Å². The van der Waals surface area contributed by atoms with Crippen molar-refractivity contribution in [2.75, 3.05) is 25.9 Å². The number of piperidine rings is 1. The van der Waals surface area contributed by atoms with Crippen LogP contribution in [0.5, 0.6) is 17.2 Å². The Kier molecular flexibility index (Phi) is 9.01. The molecule has 0 atom stereocenters. The molecule has 1 saturated heterocycles. The van der Waals surface area contributed by atoms with Crippen LogP contribution in [0.15, 0.2) is 66.0 Å². The van der Waals surface area contributed by atoms with Crippen molar-refractivity contribution in [2.24, 2.45) is 0 Å². The molecule has 4 heterocycles. The first-order valence-electron chi connectivity index (χ1n) is 14.6. The minimum atomic E-state index is -0.171. The van der Waals surface area contributed by atoms with Crippen LogP contribution in [0.25, 0.3) is 16.9 Å². The van der Waals surface area contributed by atoms with Crippen molar-refractivity contribution in [1.29, 1.82) is 0 Å². The van der Waals surface area contributed by atoms with Gasteiger partial charge in [-0.2, -0.15) is 0 Å². The van der Waals surface area contributed by atoms with Gasteiger partial charge in [-0.05, 0) is 88.8 Å². The Morgan fingerprint density at radius 1 is 0.907 bits per heavy atom. The van der Waals surface area contributed by atoms with Gasteiger partial charge in [-0.15, -0.1) is 0 Å². The number of anilines is 1. The number of hydrogen-bond acceptors (Lipinski definition) is 9. The fourth-order valence-electron chi connectivity index (χ4n) is 5.21. The van der Waals surface area contributed by atoms with E-state index in [1.165, 1.54) is 6.33 Å². The lowest BCUT2D eigenvalue weighted by Crippen LogP contribution is -2.35. The Balaban J connectivity index is 0.00000180. The summed E-state index contributed by atoms with van der Waals surface area (Å²) in [5.74, 6) is 2.93. The first-order valence-corrected chi connectivity index (χ1v) is 14.6. The van der Waals surface area contributed by atoms with Crippen LogP contribution in [0.4, 0.5) is 5.82 Å². The summed E-state index contributed by atoms with van der Waals surface area (Å²) in [7, 11) is 2.09. The second-order valence-electron chi connectivity index (χ2n) is 10.5. The Morgan fingerprint density at radius 3 is 2.28 bits per heavy atom. The number of likely N-dealkylation sites (tertiary alicyclic amines) is 1. The van der Waals surface area contributed by atoms with Crippen molar-refractivity contribution in [3.63, 3.8) is 0 Å². The minimum Gasteiger partial charge on any atom is -0.489 e. The highest BCUT2D eigenvalue weighted by atomic mass is 16.5. The summed E-state index contributed by atoms with van der Waals surface area (Å²) in [6.45, 7) is 10.0. The molecule has 0 amide bonds. The number of ether oxygens (including phenoxy) is 2. The lowest BCUT2D eigenvalue weighted by molar-refractivity contribution is 0.221. The lowest BCUT2D eigenvalue weighted by Gasteiger charge is -2.29. The van der Waals surface area contributed by atoms with Crippen molar-refractivity contribution in [3.8, 4) is 22.9 Å². The number of nitrogen functional groups attached to an aromatic ring is 1. The van der Waals surface area contributed by atoms with Gasteiger partial charge in [0, 0.05) is 30.1 Å². The summed E-state index contributed by atoms with van der Waals surface area (Å²) >= 11 is 0. The van der Waals surface area contributed by atoms with E-state index in [0.717, 1.165) is 42.9 Å². The highest BCUT2D eigenvalue weighted by molar-refractivity contribution is 5.84. The Hall–Kier alpha value is -4.77. The molecule has 0 unspecified atom stereocenters. The zero-order valence-corrected chi connectivity index (χ0v) is 25.3. The van der Waals surface area contributed by atoms with Gasteiger partial charge in [0.2, 0.25) is 0 Å². The zero-order chi connectivity index (χ0) is 30.5. The van der Waals surface area contributed by atoms with E-state index in [2.05, 4.69) is 31.9 Å². The minimum absolute atomic E-state index is 0.0515. The first kappa shape index (κ1) is 29.7. The van der Waals surface area contributed by atoms with E-state index >= 15 is 0 Å². The molecule has 0 spiro atoms. The quantitative estimate of drug-likeness (QED) is 0.274. The number of benzene rings is 2. The van der Waals surface area contributed by atoms with Gasteiger partial charge in [0.15, 0.2) is 11.5 Å². The van der Waals surface area contributed by atoms with Crippen molar-refractivity contribution in [1.82, 2.24) is 34.0 Å². The van der Waals surface area contributed by atoms with Crippen molar-refractivity contribution >= 4 is 17.0 Å². The van der Waals surface area contributed by atoms with Gasteiger partial charge in [-0.25, -0.2) is 24.7 Å². The summed E-state index contributed by atoms with van der Waals surface area (Å²) in [4.78, 5) is 33.1. The number of nitrogens with two attached hydrogens (primary N) is 1. The molecule has 3 aromatic heterocycles. The number of fused-ring (bicyclic) bond motifs is 1. The van der Waals surface area contributed by atoms with E-state index in [9.17, 15) is 4.79 Å². The molecule has 1 aliphatic rings. The first-order chi connectivity index (χ1) is 20.9. The SMILES string of the molecule is CC.Cc1cc(OCc2cnc(C)nc2)cc(Oc2ccc(-n3c(=O)n(C4CCN(C)CC4)c4ncnc(N)c43)cc2)c1. The summed E-state index contributed by atoms with van der Waals surface area (Å²) in [5.41, 5.74) is 9.73. The predicted molar refractivity (Wildman–Crippen MR) is 167 cm³/mol. The third-order valence-corrected chi connectivity index (χ3v) is 7.33. The van der Waals surface area contributed by atoms with Crippen LogP contribution in [0.2, 0.25) is 0 Å². The van der Waals surface area contributed by atoms with Crippen molar-refractivity contribution < 1.29 is 9.47 Å². The number of nitrogens with zero attached hydrogens (tertiary/aromatic N) is 7. The maximum Gasteiger partial charge on any atom is 0.335 e. The summed E-state index contributed by atoms with van der Waals surface area (Å²) in [5, 5.41) is 0. The third kappa shape index (κ3) is 6.51. The van der Waals surface area contributed by atoms with Crippen molar-refractivity contribution in [3.05, 3.63) is 88.6 Å². The third-order valence-electron chi connectivity index (χ3n) is 7.33. The van der Waals surface area contributed by atoms with Crippen LogP contribution in [0.1, 0.15) is 49.7 Å². The molecule has 0 bridgehead atoms. The molecule has 1 fully saturated rings. The zero-order valence-electron chi connectivity index (χ0n) is 25.3. The molecule has 1 aliphatic heterocycles. The smallest absolute Gasteiger partial charge is 0.335 e. The van der Waals surface area contributed by atoms with Gasteiger partial charge in [-0.1, -0.05) is 13.8 Å². The van der Waals surface area contributed by atoms with Crippen LogP contribution < -0.4 is 20.9 Å². The summed E-state index contributed by atoms with van der Waals surface area (Å²) < 4.78 is 15.5. The number of rotatable bonds is 7. The molecule has 224 valence electrons. The Labute approximate surface area is 251 Å². The average Bonchev–Trinajstić information content (AvgIpc) is 3.31. The maximum atomic E-state index is 13.8. The highest BCUT2D eigenvalue weighted by Crippen LogP contribution is 2.30. The van der Waals surface area contributed by atoms with Crippen LogP contribution in [0, 0.1) is 13.8 Å². The van der Waals surface area contributed by atoms with Crippen LogP contribution >= 0.6 is 0 Å². The largest absolute Gasteiger partial charge is 0.489 e. The molecule has 11 nitrogen and oxygen atoms in total. The molecule has 2 N–H and O–H groups in total. The standard InChI is InChI=1S/C30H32N8O3.C2H6/c1-19-12-25(40-17-21-15-32-20(2)33-16-21)14-26(13-19)41-24-6-4-22(5-7-24)37-27-28(31)34-18-35-29(27)38(30(37)39)23-8-10-36(3)11-9-23;1-2/h4-7,12-16,18,23H,8-11,17H2,1-3H3,(H2,31,34,35);1-2H3. The molecule has 0 radical (unpaired) electrons. The van der Waals surface area contributed by atoms with E-state index in [1.807, 2.05) is 70.2 Å². The molecule has 0 aliphatic carbocycles. The van der Waals surface area contributed by atoms with Crippen LogP contribution in [-0.4, -0.2) is 54.1 Å². The fourth-order valence-corrected chi connectivity index (χ4v) is 5.21. The number of aryl methyl sites for hydroxylation is 2. The molecule has 11 heteroatoms. The Morgan fingerprint density at radius 2 is 1.58 bits per heavy atom. The fraction of sp³-hybridized carbons (Fsp3) is 0.344. The van der Waals surface area contributed by atoms with Gasteiger partial charge in [0.05, 0.1) is 5.69 Å². The van der Waals surface area contributed by atoms with Crippen molar-refractivity contribution in [2.45, 2.75) is 53.2 Å². The second kappa shape index (κ2) is 13.0. The molecule has 6 rings (SSSR count). The number of hydrogen-bond donors (Lipinski definition) is 1. The van der Waals surface area contributed by atoms with Gasteiger partial charge < -0.3 is 20.1 Å². The van der Waals surface area contributed by atoms with Gasteiger partial charge in [0.25, 0.3) is 0 Å². The predicted octanol–water partition coefficient (Wildman–Crippen LogP) is 5.24. The number of imidazole rings is 1. The van der Waals surface area contributed by atoms with Crippen LogP contribution in [0.3, 0.4) is 0 Å². The van der Waals surface area contributed by atoms with E-state index < -0.39 is 0 Å². The van der Waals surface area contributed by atoms with Gasteiger partial charge >= 0.3 is 5.69 Å². The van der Waals surface area contributed by atoms with E-state index in [-0.39, 0.29) is 17.5 Å². The van der Waals surface area contributed by atoms with E-state index in [0.29, 0.717) is 40.7 Å². The normalized spacial score (nSPS) is 13.9. The van der Waals surface area contributed by atoms with Gasteiger partial charge in [-0.3, -0.25) is 9.13 Å². The second-order valence-corrected chi connectivity index (χ2v) is 10.5. The average molecular weight is 583 g/mol. The lowest BCUT2D eigenvalue weighted by atomic mass is 10.1. The molecule has 2 aromatic carbocycles. The van der Waals surface area contributed by atoms with E-state index in [4.69, 9.17) is 15.2 Å². The molecular formula is C32H38N8O3. The molecule has 5 aromatic rings. The van der Waals surface area contributed by atoms with E-state index in [1.54, 1.807) is 21.5 Å². The summed E-state index contributed by atoms with van der Waals surface area (Å²) in [6, 6.07) is 13.1. The van der Waals surface area contributed by atoms with Gasteiger partial charge in [0.1, 0.15) is 41.5 Å². The molecular weight excluding hydrogens is 544 g/mol. The maximum absolute atomic E-state index is 13.8.